The van der Waals surface area contributed by atoms with E-state index in [0.29, 0.717) is 24.0 Å². The van der Waals surface area contributed by atoms with Crippen LogP contribution in [0.5, 0.6) is 0 Å². The first-order chi connectivity index (χ1) is 27.0. The Bertz CT molecular complexity index is 2020. The summed E-state index contributed by atoms with van der Waals surface area (Å²) in [5.74, 6) is -3.04. The van der Waals surface area contributed by atoms with Gasteiger partial charge in [0, 0.05) is 30.8 Å². The molecular formula is C42H48F2N6O7. The van der Waals surface area contributed by atoms with Crippen LogP contribution < -0.4 is 16.0 Å². The molecule has 0 spiro atoms. The van der Waals surface area contributed by atoms with E-state index in [4.69, 9.17) is 9.47 Å². The molecule has 0 radical (unpaired) electrons. The van der Waals surface area contributed by atoms with Crippen molar-refractivity contribution in [2.45, 2.75) is 77.3 Å². The number of halogens is 2. The van der Waals surface area contributed by atoms with E-state index in [1.807, 2.05) is 30.3 Å². The number of benzene rings is 3. The number of amides is 4. The van der Waals surface area contributed by atoms with E-state index in [9.17, 15) is 32.8 Å². The zero-order valence-corrected chi connectivity index (χ0v) is 32.6. The van der Waals surface area contributed by atoms with Gasteiger partial charge in [-0.3, -0.25) is 19.2 Å². The van der Waals surface area contributed by atoms with E-state index in [0.717, 1.165) is 5.56 Å². The number of imidazole rings is 1. The number of nitrogens with one attached hydrogen (secondary N) is 3. The number of ketones is 1. The molecule has 0 aliphatic carbocycles. The maximum Gasteiger partial charge on any atom is 0.408 e. The van der Waals surface area contributed by atoms with Crippen molar-refractivity contribution in [1.82, 2.24) is 25.1 Å². The monoisotopic (exact) mass is 786 g/mol. The maximum absolute atomic E-state index is 14.2. The molecule has 13 nitrogen and oxygen atoms in total. The number of anilines is 1. The number of carbonyl (C=O) groups is 5. The van der Waals surface area contributed by atoms with Gasteiger partial charge in [-0.2, -0.15) is 0 Å². The minimum Gasteiger partial charge on any atom is -0.444 e. The summed E-state index contributed by atoms with van der Waals surface area (Å²) in [6.45, 7) is 8.44. The van der Waals surface area contributed by atoms with Gasteiger partial charge >= 0.3 is 6.09 Å². The van der Waals surface area contributed by atoms with Crippen molar-refractivity contribution >= 4 is 35.4 Å². The fourth-order valence-electron chi connectivity index (χ4n) is 6.23. The lowest BCUT2D eigenvalue weighted by Gasteiger charge is -2.34. The Balaban J connectivity index is 1.30. The third kappa shape index (κ3) is 11.8. The average molecular weight is 787 g/mol. The van der Waals surface area contributed by atoms with Crippen molar-refractivity contribution in [1.29, 1.82) is 0 Å². The van der Waals surface area contributed by atoms with Crippen LogP contribution in [-0.2, 0) is 30.5 Å². The van der Waals surface area contributed by atoms with E-state index in [-0.39, 0.29) is 49.7 Å². The van der Waals surface area contributed by atoms with Gasteiger partial charge in [-0.25, -0.2) is 18.6 Å². The summed E-state index contributed by atoms with van der Waals surface area (Å²) in [5.41, 5.74) is -0.594. The molecule has 1 aliphatic rings. The molecule has 1 aromatic heterocycles. The Labute approximate surface area is 330 Å². The van der Waals surface area contributed by atoms with Crippen molar-refractivity contribution in [3.05, 3.63) is 120 Å². The third-order valence-corrected chi connectivity index (χ3v) is 9.28. The van der Waals surface area contributed by atoms with Gasteiger partial charge in [0.05, 0.1) is 19.5 Å². The van der Waals surface area contributed by atoms with Crippen LogP contribution >= 0.6 is 0 Å². The molecule has 302 valence electrons. The lowest BCUT2D eigenvalue weighted by atomic mass is 9.88. The number of piperidine rings is 1. The van der Waals surface area contributed by atoms with Crippen LogP contribution in [0.25, 0.3) is 0 Å². The standard InChI is InChI=1S/C42H48F2N6O7/c1-41(2,3)57-40(55)48-42(4,5)39(54)46-33(25-56-24-27-9-7-6-8-10-27)37(52)47-34-23-50(26-45-34)35(28-11-15-31(43)16-12-28)38(53)49-21-19-30(20-22-49)36(51)29-13-17-32(44)18-14-29/h6-18,23,26,30,33,35H,19-22,24-25H2,1-5H3,(H,46,54)(H,47,52)(H,48,55)/t33-,35?/m1/s1. The Morgan fingerprint density at radius 3 is 2.09 bits per heavy atom. The summed E-state index contributed by atoms with van der Waals surface area (Å²) in [5, 5.41) is 7.88. The average Bonchev–Trinajstić information content (AvgIpc) is 3.62. The highest BCUT2D eigenvalue weighted by molar-refractivity contribution is 5.99. The van der Waals surface area contributed by atoms with Crippen molar-refractivity contribution in [2.24, 2.45) is 5.92 Å². The second-order valence-electron chi connectivity index (χ2n) is 15.4. The van der Waals surface area contributed by atoms with E-state index in [1.165, 1.54) is 79.5 Å². The van der Waals surface area contributed by atoms with Gasteiger partial charge < -0.3 is 34.9 Å². The van der Waals surface area contributed by atoms with E-state index in [2.05, 4.69) is 20.9 Å². The SMILES string of the molecule is CC(C)(C)OC(=O)NC(C)(C)C(=O)N[C@H](COCc1ccccc1)C(=O)Nc1cn(C(C(=O)N2CCC(C(=O)c3ccc(F)cc3)CC2)c2ccc(F)cc2)cn1. The van der Waals surface area contributed by atoms with Crippen LogP contribution in [0.4, 0.5) is 19.4 Å². The molecule has 3 aromatic carbocycles. The summed E-state index contributed by atoms with van der Waals surface area (Å²) in [6.07, 6.45) is 2.79. The van der Waals surface area contributed by atoms with Crippen LogP contribution in [0, 0.1) is 17.6 Å². The second kappa shape index (κ2) is 18.3. The molecule has 2 heterocycles. The minimum atomic E-state index is -1.49. The molecule has 5 rings (SSSR count). The number of likely N-dealkylation sites (tertiary alicyclic amines) is 1. The molecule has 1 fully saturated rings. The van der Waals surface area contributed by atoms with E-state index < -0.39 is 52.8 Å². The first-order valence-electron chi connectivity index (χ1n) is 18.6. The first kappa shape index (κ1) is 42.2. The molecule has 0 saturated carbocycles. The van der Waals surface area contributed by atoms with Crippen molar-refractivity contribution < 1.29 is 42.2 Å². The number of ether oxygens (including phenoxy) is 2. The zero-order valence-electron chi connectivity index (χ0n) is 32.6. The summed E-state index contributed by atoms with van der Waals surface area (Å²) in [6, 6.07) is 17.8. The lowest BCUT2D eigenvalue weighted by molar-refractivity contribution is -0.134. The Morgan fingerprint density at radius 2 is 1.47 bits per heavy atom. The fourth-order valence-corrected chi connectivity index (χ4v) is 6.23. The van der Waals surface area contributed by atoms with Gasteiger partial charge in [-0.1, -0.05) is 42.5 Å². The second-order valence-corrected chi connectivity index (χ2v) is 15.4. The third-order valence-electron chi connectivity index (χ3n) is 9.28. The zero-order chi connectivity index (χ0) is 41.3. The number of hydrogen-bond donors (Lipinski definition) is 3. The Hall–Kier alpha value is -5.96. The van der Waals surface area contributed by atoms with Gasteiger partial charge in [0.25, 0.3) is 5.91 Å². The van der Waals surface area contributed by atoms with Crippen LogP contribution in [0.15, 0.2) is 91.4 Å². The predicted octanol–water partition coefficient (Wildman–Crippen LogP) is 5.82. The number of hydrogen-bond acceptors (Lipinski definition) is 8. The summed E-state index contributed by atoms with van der Waals surface area (Å²) >= 11 is 0. The number of alkyl carbamates (subject to hydrolysis) is 1. The van der Waals surface area contributed by atoms with Crippen LogP contribution in [0.3, 0.4) is 0 Å². The van der Waals surface area contributed by atoms with Crippen LogP contribution in [0.1, 0.15) is 75.0 Å². The molecule has 57 heavy (non-hydrogen) atoms. The Morgan fingerprint density at radius 1 is 0.860 bits per heavy atom. The van der Waals surface area contributed by atoms with Gasteiger partial charge in [-0.05, 0) is 95.0 Å². The van der Waals surface area contributed by atoms with E-state index >= 15 is 0 Å². The molecule has 2 atom stereocenters. The maximum atomic E-state index is 14.2. The van der Waals surface area contributed by atoms with Gasteiger partial charge in [0.15, 0.2) is 11.6 Å². The molecular weight excluding hydrogens is 738 g/mol. The molecule has 3 N–H and O–H groups in total. The number of aromatic nitrogens is 2. The van der Waals surface area contributed by atoms with Crippen LogP contribution in [-0.4, -0.2) is 80.9 Å². The highest BCUT2D eigenvalue weighted by Crippen LogP contribution is 2.28. The van der Waals surface area contributed by atoms with Crippen molar-refractivity contribution in [2.75, 3.05) is 25.0 Å². The smallest absolute Gasteiger partial charge is 0.408 e. The van der Waals surface area contributed by atoms with Crippen molar-refractivity contribution in [3.63, 3.8) is 0 Å². The lowest BCUT2D eigenvalue weighted by Crippen LogP contribution is -2.59. The van der Waals surface area contributed by atoms with Gasteiger partial charge in [0.1, 0.15) is 34.9 Å². The quantitative estimate of drug-likeness (QED) is 0.135. The number of nitrogens with zero attached hydrogens (tertiary/aromatic N) is 3. The molecule has 1 aliphatic heterocycles. The van der Waals surface area contributed by atoms with Gasteiger partial charge in [0.2, 0.25) is 11.8 Å². The summed E-state index contributed by atoms with van der Waals surface area (Å²) in [7, 11) is 0. The van der Waals surface area contributed by atoms with E-state index in [1.54, 1.807) is 25.7 Å². The minimum absolute atomic E-state index is 0.0527. The summed E-state index contributed by atoms with van der Waals surface area (Å²) in [4.78, 5) is 73.0. The normalized spacial score (nSPS) is 14.6. The van der Waals surface area contributed by atoms with Gasteiger partial charge in [-0.15, -0.1) is 0 Å². The number of carbonyl (C=O) groups excluding carboxylic acids is 5. The molecule has 0 bridgehead atoms. The number of Topliss-reactive ketones (excluding diaryl/α,β-unsaturated/α-hetero) is 1. The Kier molecular flexibility index (Phi) is 13.6. The molecule has 15 heteroatoms. The highest BCUT2D eigenvalue weighted by Gasteiger charge is 2.36. The molecule has 1 unspecified atom stereocenters. The van der Waals surface area contributed by atoms with Crippen LogP contribution in [0.2, 0.25) is 0 Å². The molecule has 4 aromatic rings. The largest absolute Gasteiger partial charge is 0.444 e. The number of rotatable bonds is 14. The predicted molar refractivity (Wildman–Crippen MR) is 207 cm³/mol. The first-order valence-corrected chi connectivity index (χ1v) is 18.6. The summed E-state index contributed by atoms with van der Waals surface area (Å²) < 4.78 is 40.1. The topological polar surface area (TPSA) is 161 Å². The fraction of sp³-hybridized carbons (Fsp3) is 0.381. The molecule has 4 amide bonds. The molecule has 1 saturated heterocycles. The highest BCUT2D eigenvalue weighted by atomic mass is 19.1. The van der Waals surface area contributed by atoms with Crippen molar-refractivity contribution in [3.8, 4) is 0 Å².